The number of carbonyl (C=O) groups is 2. The van der Waals surface area contributed by atoms with E-state index < -0.39 is 11.7 Å². The Kier molecular flexibility index (Phi) is 6.65. The number of carbonyl (C=O) groups excluding carboxylic acids is 2. The van der Waals surface area contributed by atoms with E-state index in [0.717, 1.165) is 12.1 Å². The number of amides is 2. The highest BCUT2D eigenvalue weighted by Crippen LogP contribution is 2.29. The molecule has 1 aromatic heterocycles. The first kappa shape index (κ1) is 21.8. The number of rotatable bonds is 8. The summed E-state index contributed by atoms with van der Waals surface area (Å²) in [5, 5.41) is 11.3. The third-order valence-corrected chi connectivity index (χ3v) is 6.04. The molecule has 0 atom stereocenters. The molecule has 0 aliphatic carbocycles. The monoisotopic (exact) mass is 451 g/mol. The fraction of sp³-hybridized carbons (Fsp3) is 0.217. The zero-order valence-electron chi connectivity index (χ0n) is 17.3. The van der Waals surface area contributed by atoms with E-state index in [0.29, 0.717) is 24.1 Å². The van der Waals surface area contributed by atoms with Gasteiger partial charge in [-0.15, -0.1) is 16.8 Å². The van der Waals surface area contributed by atoms with E-state index in [9.17, 15) is 14.0 Å². The lowest BCUT2D eigenvalue weighted by Crippen LogP contribution is -2.30. The van der Waals surface area contributed by atoms with Gasteiger partial charge < -0.3 is 14.8 Å². The lowest BCUT2D eigenvalue weighted by molar-refractivity contribution is -0.116. The summed E-state index contributed by atoms with van der Waals surface area (Å²) in [7, 11) is 0. The first-order valence-electron chi connectivity index (χ1n) is 10.1. The van der Waals surface area contributed by atoms with Crippen molar-refractivity contribution < 1.29 is 14.0 Å². The van der Waals surface area contributed by atoms with Gasteiger partial charge in [0.2, 0.25) is 11.8 Å². The van der Waals surface area contributed by atoms with Crippen LogP contribution >= 0.6 is 11.8 Å². The first-order valence-corrected chi connectivity index (χ1v) is 11.1. The van der Waals surface area contributed by atoms with Crippen molar-refractivity contribution in [2.75, 3.05) is 22.5 Å². The molecule has 0 saturated heterocycles. The van der Waals surface area contributed by atoms with Gasteiger partial charge in [0.05, 0.1) is 17.9 Å². The third kappa shape index (κ3) is 4.72. The van der Waals surface area contributed by atoms with Gasteiger partial charge in [0.25, 0.3) is 0 Å². The number of halogens is 1. The molecule has 9 heteroatoms. The summed E-state index contributed by atoms with van der Waals surface area (Å²) in [6.07, 6.45) is 2.44. The van der Waals surface area contributed by atoms with Crippen molar-refractivity contribution in [1.82, 2.24) is 14.8 Å². The fourth-order valence-corrected chi connectivity index (χ4v) is 4.41. The molecule has 1 N–H and O–H groups in total. The molecule has 2 amide bonds. The minimum atomic E-state index is -0.508. The number of benzene rings is 2. The van der Waals surface area contributed by atoms with Crippen LogP contribution in [-0.4, -0.2) is 38.9 Å². The van der Waals surface area contributed by atoms with E-state index in [1.807, 2.05) is 24.3 Å². The molecule has 2 aromatic carbocycles. The Bertz CT molecular complexity index is 1160. The van der Waals surface area contributed by atoms with E-state index in [-0.39, 0.29) is 23.8 Å². The first-order chi connectivity index (χ1) is 15.6. The molecule has 2 heterocycles. The Morgan fingerprint density at radius 3 is 2.75 bits per heavy atom. The molecule has 0 bridgehead atoms. The molecule has 1 aliphatic heterocycles. The Labute approximate surface area is 189 Å². The summed E-state index contributed by atoms with van der Waals surface area (Å²) in [5.41, 5.74) is 2.23. The molecule has 7 nitrogen and oxygen atoms in total. The van der Waals surface area contributed by atoms with Gasteiger partial charge in [-0.3, -0.25) is 9.59 Å². The highest BCUT2D eigenvalue weighted by molar-refractivity contribution is 7.99. The van der Waals surface area contributed by atoms with Gasteiger partial charge in [-0.05, 0) is 30.2 Å². The molecule has 164 valence electrons. The Balaban J connectivity index is 1.42. The summed E-state index contributed by atoms with van der Waals surface area (Å²) in [6.45, 7) is 4.80. The van der Waals surface area contributed by atoms with Crippen molar-refractivity contribution in [3.8, 4) is 0 Å². The fourth-order valence-electron chi connectivity index (χ4n) is 3.57. The molecule has 0 fully saturated rings. The number of hydrogen-bond donors (Lipinski definition) is 1. The molecule has 32 heavy (non-hydrogen) atoms. The SMILES string of the molecule is C=CCn1c(CC(=O)Nc2ccccc2F)nnc1SCC(=O)N1CCc2ccccc21. The van der Waals surface area contributed by atoms with Crippen LogP contribution in [0.25, 0.3) is 0 Å². The number of allylic oxidation sites excluding steroid dienone is 1. The van der Waals surface area contributed by atoms with Gasteiger partial charge in [0, 0.05) is 18.8 Å². The molecule has 0 unspecified atom stereocenters. The summed E-state index contributed by atoms with van der Waals surface area (Å²) >= 11 is 1.27. The topological polar surface area (TPSA) is 80.1 Å². The van der Waals surface area contributed by atoms with Gasteiger partial charge in [0.1, 0.15) is 11.6 Å². The van der Waals surface area contributed by atoms with Crippen LogP contribution < -0.4 is 10.2 Å². The number of hydrogen-bond acceptors (Lipinski definition) is 5. The molecule has 4 rings (SSSR count). The van der Waals surface area contributed by atoms with Crippen LogP contribution in [0.5, 0.6) is 0 Å². The average molecular weight is 452 g/mol. The summed E-state index contributed by atoms with van der Waals surface area (Å²) in [4.78, 5) is 27.0. The van der Waals surface area contributed by atoms with E-state index >= 15 is 0 Å². The molecule has 1 aliphatic rings. The maximum Gasteiger partial charge on any atom is 0.237 e. The summed E-state index contributed by atoms with van der Waals surface area (Å²) < 4.78 is 15.5. The number of fused-ring (bicyclic) bond motifs is 1. The zero-order chi connectivity index (χ0) is 22.5. The molecule has 0 radical (unpaired) electrons. The van der Waals surface area contributed by atoms with Crippen molar-refractivity contribution in [2.45, 2.75) is 24.5 Å². The number of anilines is 2. The van der Waals surface area contributed by atoms with E-state index in [1.165, 1.54) is 29.5 Å². The van der Waals surface area contributed by atoms with Gasteiger partial charge in [-0.25, -0.2) is 4.39 Å². The zero-order valence-corrected chi connectivity index (χ0v) is 18.1. The predicted molar refractivity (Wildman–Crippen MR) is 122 cm³/mol. The van der Waals surface area contributed by atoms with Crippen LogP contribution in [-0.2, 0) is 29.0 Å². The average Bonchev–Trinajstić information content (AvgIpc) is 3.38. The number of nitrogens with one attached hydrogen (secondary N) is 1. The second-order valence-corrected chi connectivity index (χ2v) is 8.16. The van der Waals surface area contributed by atoms with Gasteiger partial charge in [-0.2, -0.15) is 0 Å². The van der Waals surface area contributed by atoms with Crippen LogP contribution in [0.3, 0.4) is 0 Å². The lowest BCUT2D eigenvalue weighted by atomic mass is 10.2. The third-order valence-electron chi connectivity index (χ3n) is 5.08. The van der Waals surface area contributed by atoms with E-state index in [1.54, 1.807) is 27.7 Å². The second-order valence-electron chi connectivity index (χ2n) is 7.22. The molecule has 0 saturated carbocycles. The Morgan fingerprint density at radius 1 is 1.16 bits per heavy atom. The predicted octanol–water partition coefficient (Wildman–Crippen LogP) is 3.47. The van der Waals surface area contributed by atoms with Crippen molar-refractivity contribution >= 4 is 35.0 Å². The standard InChI is InChI=1S/C23H22FN5O2S/c1-2-12-29-20(14-21(30)25-18-9-5-4-8-17(18)24)26-27-23(29)32-15-22(31)28-13-11-16-7-3-6-10-19(16)28/h2-10H,1,11-15H2,(H,25,30). The molecular formula is C23H22FN5O2S. The van der Waals surface area contributed by atoms with Crippen LogP contribution in [0.2, 0.25) is 0 Å². The van der Waals surface area contributed by atoms with Crippen LogP contribution in [0.1, 0.15) is 11.4 Å². The highest BCUT2D eigenvalue weighted by Gasteiger charge is 2.25. The maximum atomic E-state index is 13.8. The number of para-hydroxylation sites is 2. The van der Waals surface area contributed by atoms with Crippen LogP contribution in [0.15, 0.2) is 66.3 Å². The Morgan fingerprint density at radius 2 is 1.94 bits per heavy atom. The quantitative estimate of drug-likeness (QED) is 0.419. The molecular weight excluding hydrogens is 429 g/mol. The van der Waals surface area contributed by atoms with Crippen molar-refractivity contribution in [2.24, 2.45) is 0 Å². The minimum Gasteiger partial charge on any atom is -0.323 e. The summed E-state index contributed by atoms with van der Waals surface area (Å²) in [5.74, 6) is -0.307. The lowest BCUT2D eigenvalue weighted by Gasteiger charge is -2.17. The minimum absolute atomic E-state index is 0.00745. The van der Waals surface area contributed by atoms with E-state index in [2.05, 4.69) is 22.1 Å². The smallest absolute Gasteiger partial charge is 0.237 e. The number of aromatic nitrogens is 3. The van der Waals surface area contributed by atoms with Gasteiger partial charge in [-0.1, -0.05) is 48.2 Å². The van der Waals surface area contributed by atoms with Gasteiger partial charge in [0.15, 0.2) is 5.16 Å². The summed E-state index contributed by atoms with van der Waals surface area (Å²) in [6, 6.07) is 13.9. The highest BCUT2D eigenvalue weighted by atomic mass is 32.2. The number of thioether (sulfide) groups is 1. The molecule has 3 aromatic rings. The largest absolute Gasteiger partial charge is 0.323 e. The van der Waals surface area contributed by atoms with Gasteiger partial charge >= 0.3 is 0 Å². The molecule has 0 spiro atoms. The van der Waals surface area contributed by atoms with Crippen molar-refractivity contribution in [3.63, 3.8) is 0 Å². The Hall–Kier alpha value is -3.46. The maximum absolute atomic E-state index is 13.8. The van der Waals surface area contributed by atoms with Crippen LogP contribution in [0, 0.1) is 5.82 Å². The van der Waals surface area contributed by atoms with E-state index in [4.69, 9.17) is 0 Å². The van der Waals surface area contributed by atoms with Crippen molar-refractivity contribution in [3.05, 3.63) is 78.4 Å². The second kappa shape index (κ2) is 9.78. The van der Waals surface area contributed by atoms with Crippen LogP contribution in [0.4, 0.5) is 15.8 Å². The normalized spacial score (nSPS) is 12.5. The van der Waals surface area contributed by atoms with Crippen molar-refractivity contribution in [1.29, 1.82) is 0 Å². The number of nitrogens with zero attached hydrogens (tertiary/aromatic N) is 4.